The van der Waals surface area contributed by atoms with Gasteiger partial charge in [0.1, 0.15) is 5.56 Å². The molecule has 0 bridgehead atoms. The minimum absolute atomic E-state index is 0.221. The third-order valence-corrected chi connectivity index (χ3v) is 1.36. The maximum Gasteiger partial charge on any atom is 0.341 e. The summed E-state index contributed by atoms with van der Waals surface area (Å²) in [6.45, 7) is 0.974. The van der Waals surface area contributed by atoms with Crippen LogP contribution in [-0.4, -0.2) is 22.7 Å². The zero-order chi connectivity index (χ0) is 8.97. The van der Waals surface area contributed by atoms with Crippen molar-refractivity contribution in [2.45, 2.75) is 6.54 Å². The Labute approximate surface area is 69.4 Å². The van der Waals surface area contributed by atoms with Crippen LogP contribution in [0.4, 0.5) is 0 Å². The highest BCUT2D eigenvalue weighted by molar-refractivity contribution is 5.86. The van der Waals surface area contributed by atoms with Crippen LogP contribution >= 0.6 is 0 Å². The monoisotopic (exact) mass is 168 g/mol. The summed E-state index contributed by atoms with van der Waals surface area (Å²) in [7, 11) is 0. The second-order valence-electron chi connectivity index (χ2n) is 2.27. The van der Waals surface area contributed by atoms with Gasteiger partial charge in [-0.15, -0.1) is 0 Å². The molecule has 0 unspecified atom stereocenters. The second-order valence-corrected chi connectivity index (χ2v) is 2.27. The molecule has 0 aliphatic carbocycles. The molecule has 1 aromatic rings. The number of hydrogen-bond acceptors (Lipinski definition) is 3. The van der Waals surface area contributed by atoms with Gasteiger partial charge in [-0.3, -0.25) is 0 Å². The third-order valence-electron chi connectivity index (χ3n) is 1.36. The van der Waals surface area contributed by atoms with E-state index < -0.39 is 5.97 Å². The van der Waals surface area contributed by atoms with Gasteiger partial charge in [0.05, 0.1) is 12.7 Å². The van der Waals surface area contributed by atoms with Gasteiger partial charge in [-0.25, -0.2) is 4.79 Å². The van der Waals surface area contributed by atoms with Gasteiger partial charge in [0.25, 0.3) is 0 Å². The summed E-state index contributed by atoms with van der Waals surface area (Å²) in [6.07, 6.45) is 2.90. The van der Waals surface area contributed by atoms with Crippen molar-refractivity contribution in [1.29, 1.82) is 0 Å². The highest BCUT2D eigenvalue weighted by Gasteiger charge is 2.08. The van der Waals surface area contributed by atoms with E-state index in [0.29, 0.717) is 13.1 Å². The van der Waals surface area contributed by atoms with Crippen LogP contribution in [0.5, 0.6) is 0 Å². The van der Waals surface area contributed by atoms with E-state index >= 15 is 0 Å². The fraction of sp³-hybridized carbons (Fsp3) is 0.286. The van der Waals surface area contributed by atoms with Crippen LogP contribution < -0.4 is 10.4 Å². The lowest BCUT2D eigenvalue weighted by atomic mass is 10.3. The summed E-state index contributed by atoms with van der Waals surface area (Å²) in [6, 6.07) is 1.44. The first-order valence-electron chi connectivity index (χ1n) is 3.53. The van der Waals surface area contributed by atoms with E-state index in [1.807, 2.05) is 0 Å². The summed E-state index contributed by atoms with van der Waals surface area (Å²) < 4.78 is 1.50. The van der Waals surface area contributed by atoms with E-state index in [9.17, 15) is 4.79 Å². The van der Waals surface area contributed by atoms with Crippen LogP contribution in [-0.2, 0) is 6.54 Å². The largest absolute Gasteiger partial charge is 0.477 e. The van der Waals surface area contributed by atoms with Gasteiger partial charge in [-0.2, -0.15) is 0 Å². The van der Waals surface area contributed by atoms with Crippen LogP contribution in [0.2, 0.25) is 0 Å². The number of rotatable bonds is 3. The smallest absolute Gasteiger partial charge is 0.341 e. The number of nitrogens with zero attached hydrogens (tertiary/aromatic N) is 2. The number of aromatic nitrogens is 2. The Hall–Kier alpha value is -1.49. The Morgan fingerprint density at radius 1 is 1.75 bits per heavy atom. The SMILES string of the molecule is NCC[n+]1cc(C(=O)O)ccn1. The highest BCUT2D eigenvalue weighted by Crippen LogP contribution is 1.90. The molecule has 1 rings (SSSR count). The molecule has 0 atom stereocenters. The summed E-state index contributed by atoms with van der Waals surface area (Å²) in [5.41, 5.74) is 5.50. The van der Waals surface area contributed by atoms with Gasteiger partial charge < -0.3 is 10.8 Å². The zero-order valence-electron chi connectivity index (χ0n) is 6.47. The molecule has 0 fully saturated rings. The number of carboxylic acids is 1. The van der Waals surface area contributed by atoms with E-state index in [4.69, 9.17) is 10.8 Å². The van der Waals surface area contributed by atoms with Crippen LogP contribution in [0.25, 0.3) is 0 Å². The van der Waals surface area contributed by atoms with Gasteiger partial charge >= 0.3 is 5.97 Å². The van der Waals surface area contributed by atoms with E-state index in [1.54, 1.807) is 0 Å². The maximum atomic E-state index is 10.5. The predicted octanol–water partition coefficient (Wildman–Crippen LogP) is -0.974. The van der Waals surface area contributed by atoms with Crippen molar-refractivity contribution in [2.24, 2.45) is 5.73 Å². The van der Waals surface area contributed by atoms with Crippen molar-refractivity contribution < 1.29 is 14.6 Å². The van der Waals surface area contributed by atoms with Gasteiger partial charge in [0.2, 0.25) is 6.20 Å². The van der Waals surface area contributed by atoms with E-state index in [1.165, 1.54) is 23.1 Å². The van der Waals surface area contributed by atoms with Crippen molar-refractivity contribution >= 4 is 5.97 Å². The standard InChI is InChI=1S/C7H9N3O2/c8-2-4-10-5-6(7(11)12)1-3-9-10/h1,3,5H,2,4,8H2/p+1. The van der Waals surface area contributed by atoms with Crippen molar-refractivity contribution in [3.63, 3.8) is 0 Å². The lowest BCUT2D eigenvalue weighted by Gasteiger charge is -1.92. The molecule has 5 nitrogen and oxygen atoms in total. The molecule has 3 N–H and O–H groups in total. The number of hydrogen-bond donors (Lipinski definition) is 2. The Kier molecular flexibility index (Phi) is 2.71. The molecule has 0 saturated carbocycles. The first-order chi connectivity index (χ1) is 5.74. The quantitative estimate of drug-likeness (QED) is 0.569. The molecule has 0 aliphatic rings. The van der Waals surface area contributed by atoms with Gasteiger partial charge in [-0.1, -0.05) is 4.68 Å². The molecule has 0 aliphatic heterocycles. The molecule has 1 aromatic heterocycles. The number of nitrogens with two attached hydrogens (primary N) is 1. The zero-order valence-corrected chi connectivity index (χ0v) is 6.47. The summed E-state index contributed by atoms with van der Waals surface area (Å²) in [4.78, 5) is 10.5. The summed E-state index contributed by atoms with van der Waals surface area (Å²) in [5.74, 6) is -0.955. The Morgan fingerprint density at radius 2 is 2.50 bits per heavy atom. The number of carbonyl (C=O) groups is 1. The van der Waals surface area contributed by atoms with Crippen LogP contribution in [0.1, 0.15) is 10.4 Å². The van der Waals surface area contributed by atoms with E-state index in [0.717, 1.165) is 0 Å². The lowest BCUT2D eigenvalue weighted by molar-refractivity contribution is -0.751. The maximum absolute atomic E-state index is 10.5. The minimum Gasteiger partial charge on any atom is -0.477 e. The molecule has 0 saturated heterocycles. The molecule has 1 heterocycles. The molecule has 5 heteroatoms. The minimum atomic E-state index is -0.955. The van der Waals surface area contributed by atoms with Crippen molar-refractivity contribution in [3.8, 4) is 0 Å². The fourth-order valence-electron chi connectivity index (χ4n) is 0.817. The fourth-order valence-corrected chi connectivity index (χ4v) is 0.817. The summed E-state index contributed by atoms with van der Waals surface area (Å²) in [5, 5.41) is 12.5. The lowest BCUT2D eigenvalue weighted by Crippen LogP contribution is -2.41. The van der Waals surface area contributed by atoms with Crippen molar-refractivity contribution in [2.75, 3.05) is 6.54 Å². The molecule has 0 radical (unpaired) electrons. The van der Waals surface area contributed by atoms with Crippen molar-refractivity contribution in [1.82, 2.24) is 5.10 Å². The second kappa shape index (κ2) is 3.77. The normalized spacial score (nSPS) is 9.75. The molecular weight excluding hydrogens is 158 g/mol. The Bertz CT molecular complexity index is 288. The highest BCUT2D eigenvalue weighted by atomic mass is 16.4. The molecule has 0 aromatic carbocycles. The molecular formula is C7H10N3O2+. The van der Waals surface area contributed by atoms with Gasteiger partial charge in [0.15, 0.2) is 6.54 Å². The average Bonchev–Trinajstić information content (AvgIpc) is 2.05. The summed E-state index contributed by atoms with van der Waals surface area (Å²) >= 11 is 0. The van der Waals surface area contributed by atoms with Crippen LogP contribution in [0.3, 0.4) is 0 Å². The average molecular weight is 168 g/mol. The number of carboxylic acid groups (broad SMARTS) is 1. The van der Waals surface area contributed by atoms with Crippen LogP contribution in [0.15, 0.2) is 18.5 Å². The molecule has 12 heavy (non-hydrogen) atoms. The van der Waals surface area contributed by atoms with E-state index in [-0.39, 0.29) is 5.56 Å². The molecule has 64 valence electrons. The van der Waals surface area contributed by atoms with E-state index in [2.05, 4.69) is 5.10 Å². The molecule has 0 amide bonds. The third kappa shape index (κ3) is 2.00. The van der Waals surface area contributed by atoms with Crippen molar-refractivity contribution in [3.05, 3.63) is 24.0 Å². The Morgan fingerprint density at radius 3 is 3.08 bits per heavy atom. The van der Waals surface area contributed by atoms with Gasteiger partial charge in [0, 0.05) is 0 Å². The van der Waals surface area contributed by atoms with Gasteiger partial charge in [-0.05, 0) is 11.2 Å². The Balaban J connectivity index is 2.88. The topological polar surface area (TPSA) is 80.1 Å². The first-order valence-corrected chi connectivity index (χ1v) is 3.53. The first kappa shape index (κ1) is 8.61. The molecule has 0 spiro atoms. The predicted molar refractivity (Wildman–Crippen MR) is 40.4 cm³/mol. The number of aromatic carboxylic acids is 1. The van der Waals surface area contributed by atoms with Crippen LogP contribution in [0, 0.1) is 0 Å².